The molecule has 0 bridgehead atoms. The minimum Gasteiger partial charge on any atom is -0.340 e. The number of para-hydroxylation sites is 1. The number of hydrogen-bond acceptors (Lipinski definition) is 3. The number of piperidine rings is 1. The number of nitrogens with zero attached hydrogens (tertiary/aromatic N) is 3. The van der Waals surface area contributed by atoms with E-state index in [4.69, 9.17) is 0 Å². The van der Waals surface area contributed by atoms with Gasteiger partial charge in [0.05, 0.1) is 12.1 Å². The van der Waals surface area contributed by atoms with Gasteiger partial charge in [-0.15, -0.1) is 0 Å². The maximum Gasteiger partial charge on any atom is 0.273 e. The number of halogens is 3. The summed E-state index contributed by atoms with van der Waals surface area (Å²) in [6.45, 7) is 5.68. The summed E-state index contributed by atoms with van der Waals surface area (Å²) in [5.41, 5.74) is 1.05. The van der Waals surface area contributed by atoms with E-state index < -0.39 is 23.3 Å². The summed E-state index contributed by atoms with van der Waals surface area (Å²) < 4.78 is 42.2. The average Bonchev–Trinajstić information content (AvgIpc) is 3.16. The molecule has 1 aliphatic heterocycles. The first-order chi connectivity index (χ1) is 16.4. The van der Waals surface area contributed by atoms with Gasteiger partial charge in [-0.05, 0) is 29.2 Å². The van der Waals surface area contributed by atoms with Gasteiger partial charge in [-0.3, -0.25) is 14.3 Å². The number of carbonyl (C=O) groups is 2. The monoisotopic (exact) mass is 486 g/mol. The number of nitrogens with one attached hydrogen (secondary N) is 1. The van der Waals surface area contributed by atoms with E-state index in [0.717, 1.165) is 11.1 Å². The highest BCUT2D eigenvalue weighted by Crippen LogP contribution is 2.30. The predicted molar refractivity (Wildman–Crippen MR) is 127 cm³/mol. The van der Waals surface area contributed by atoms with Crippen LogP contribution in [0.3, 0.4) is 0 Å². The van der Waals surface area contributed by atoms with E-state index in [1.54, 1.807) is 28.9 Å². The lowest BCUT2D eigenvalue weighted by atomic mass is 9.85. The molecule has 3 aromatic rings. The highest BCUT2D eigenvalue weighted by atomic mass is 19.3. The molecule has 6 nitrogen and oxygen atoms in total. The van der Waals surface area contributed by atoms with Crippen molar-refractivity contribution in [3.8, 4) is 0 Å². The second kappa shape index (κ2) is 9.36. The maximum absolute atomic E-state index is 13.6. The van der Waals surface area contributed by atoms with E-state index in [-0.39, 0.29) is 43.3 Å². The van der Waals surface area contributed by atoms with E-state index >= 15 is 0 Å². The maximum atomic E-state index is 13.6. The van der Waals surface area contributed by atoms with Gasteiger partial charge in [-0.2, -0.15) is 5.10 Å². The third kappa shape index (κ3) is 5.49. The van der Waals surface area contributed by atoms with Crippen LogP contribution in [0.4, 0.5) is 13.2 Å². The lowest BCUT2D eigenvalue weighted by molar-refractivity contribution is -0.141. The number of benzene rings is 2. The SMILES string of the molecule is CC(C)(C)[C@H](NC(=O)c1nn(Cc2ccc(F)cc2)c2ccccc12)C(=O)N1CCC(F)(F)CC1. The Kier molecular flexibility index (Phi) is 6.62. The number of amides is 2. The summed E-state index contributed by atoms with van der Waals surface area (Å²) in [6, 6.07) is 12.4. The van der Waals surface area contributed by atoms with Crippen molar-refractivity contribution in [3.05, 3.63) is 65.6 Å². The molecule has 1 aromatic heterocycles. The molecule has 2 heterocycles. The first kappa shape index (κ1) is 24.8. The normalized spacial score (nSPS) is 16.8. The minimum atomic E-state index is -2.77. The van der Waals surface area contributed by atoms with Gasteiger partial charge in [0.2, 0.25) is 5.91 Å². The molecule has 0 radical (unpaired) electrons. The molecule has 0 aliphatic carbocycles. The standard InChI is InChI=1S/C26H29F3N4O2/c1-25(2,3)22(24(35)32-14-12-26(28,29)13-15-32)30-23(34)21-19-6-4-5-7-20(19)33(31-21)16-17-8-10-18(27)11-9-17/h4-11,22H,12-16H2,1-3H3,(H,30,34)/t22-/m1/s1. The van der Waals surface area contributed by atoms with Gasteiger partial charge in [-0.25, -0.2) is 13.2 Å². The van der Waals surface area contributed by atoms with E-state index in [1.807, 2.05) is 32.9 Å². The topological polar surface area (TPSA) is 67.2 Å². The fraction of sp³-hybridized carbons (Fsp3) is 0.423. The van der Waals surface area contributed by atoms with Crippen molar-refractivity contribution in [2.24, 2.45) is 5.41 Å². The lowest BCUT2D eigenvalue weighted by Gasteiger charge is -2.38. The Morgan fingerprint density at radius 2 is 1.69 bits per heavy atom. The molecule has 0 unspecified atom stereocenters. The Hall–Kier alpha value is -3.36. The predicted octanol–water partition coefficient (Wildman–Crippen LogP) is 4.63. The zero-order valence-corrected chi connectivity index (χ0v) is 20.0. The zero-order valence-electron chi connectivity index (χ0n) is 20.0. The Morgan fingerprint density at radius 1 is 1.06 bits per heavy atom. The molecule has 186 valence electrons. The molecule has 1 saturated heterocycles. The Balaban J connectivity index is 1.60. The van der Waals surface area contributed by atoms with Crippen LogP contribution in [-0.2, 0) is 11.3 Å². The molecular weight excluding hydrogens is 457 g/mol. The van der Waals surface area contributed by atoms with Crippen molar-refractivity contribution in [1.29, 1.82) is 0 Å². The van der Waals surface area contributed by atoms with Crippen LogP contribution in [0.5, 0.6) is 0 Å². The summed E-state index contributed by atoms with van der Waals surface area (Å²) in [5.74, 6) is -4.01. The van der Waals surface area contributed by atoms with Gasteiger partial charge in [0.15, 0.2) is 5.69 Å². The van der Waals surface area contributed by atoms with Crippen LogP contribution >= 0.6 is 0 Å². The summed E-state index contributed by atoms with van der Waals surface area (Å²) in [4.78, 5) is 28.1. The Bertz CT molecular complexity index is 1220. The van der Waals surface area contributed by atoms with E-state index in [2.05, 4.69) is 10.4 Å². The second-order valence-electron chi connectivity index (χ2n) is 10.1. The quantitative estimate of drug-likeness (QED) is 0.572. The number of carbonyl (C=O) groups excluding carboxylic acids is 2. The summed E-state index contributed by atoms with van der Waals surface area (Å²) >= 11 is 0. The Labute approximate surface area is 202 Å². The largest absolute Gasteiger partial charge is 0.340 e. The number of aromatic nitrogens is 2. The van der Waals surface area contributed by atoms with Crippen molar-refractivity contribution in [1.82, 2.24) is 20.0 Å². The Morgan fingerprint density at radius 3 is 2.31 bits per heavy atom. The molecular formula is C26H29F3N4O2. The highest BCUT2D eigenvalue weighted by Gasteiger charge is 2.41. The minimum absolute atomic E-state index is 0.0521. The average molecular weight is 487 g/mol. The number of likely N-dealkylation sites (tertiary alicyclic amines) is 1. The van der Waals surface area contributed by atoms with E-state index in [9.17, 15) is 22.8 Å². The lowest BCUT2D eigenvalue weighted by Crippen LogP contribution is -2.56. The van der Waals surface area contributed by atoms with E-state index in [1.165, 1.54) is 17.0 Å². The van der Waals surface area contributed by atoms with Crippen LogP contribution < -0.4 is 5.32 Å². The third-order valence-electron chi connectivity index (χ3n) is 6.31. The number of alkyl halides is 2. The molecule has 4 rings (SSSR count). The van der Waals surface area contributed by atoms with Crippen molar-refractivity contribution in [2.45, 2.75) is 52.1 Å². The van der Waals surface area contributed by atoms with Gasteiger partial charge >= 0.3 is 0 Å². The molecule has 9 heteroatoms. The highest BCUT2D eigenvalue weighted by molar-refractivity contribution is 6.06. The number of hydrogen-bond donors (Lipinski definition) is 1. The summed E-state index contributed by atoms with van der Waals surface area (Å²) in [5, 5.41) is 7.96. The summed E-state index contributed by atoms with van der Waals surface area (Å²) in [7, 11) is 0. The van der Waals surface area contributed by atoms with Gasteiger partial charge in [0.25, 0.3) is 11.8 Å². The smallest absolute Gasteiger partial charge is 0.273 e. The van der Waals surface area contributed by atoms with Crippen LogP contribution in [0.25, 0.3) is 10.9 Å². The fourth-order valence-electron chi connectivity index (χ4n) is 4.26. The third-order valence-corrected chi connectivity index (χ3v) is 6.31. The van der Waals surface area contributed by atoms with Crippen molar-refractivity contribution in [2.75, 3.05) is 13.1 Å². The van der Waals surface area contributed by atoms with Crippen molar-refractivity contribution >= 4 is 22.7 Å². The van der Waals surface area contributed by atoms with E-state index in [0.29, 0.717) is 11.9 Å². The molecule has 0 saturated carbocycles. The molecule has 2 amide bonds. The van der Waals surface area contributed by atoms with Crippen LogP contribution in [-0.4, -0.2) is 51.5 Å². The first-order valence-corrected chi connectivity index (χ1v) is 11.6. The van der Waals surface area contributed by atoms with Crippen molar-refractivity contribution in [3.63, 3.8) is 0 Å². The number of rotatable bonds is 5. The first-order valence-electron chi connectivity index (χ1n) is 11.6. The van der Waals surface area contributed by atoms with Crippen LogP contribution in [0.15, 0.2) is 48.5 Å². The molecule has 1 N–H and O–H groups in total. The summed E-state index contributed by atoms with van der Waals surface area (Å²) in [6.07, 6.45) is -0.774. The van der Waals surface area contributed by atoms with Gasteiger partial charge in [-0.1, -0.05) is 51.1 Å². The van der Waals surface area contributed by atoms with Crippen LogP contribution in [0.1, 0.15) is 49.7 Å². The molecule has 0 spiro atoms. The molecule has 35 heavy (non-hydrogen) atoms. The van der Waals surface area contributed by atoms with Crippen LogP contribution in [0, 0.1) is 11.2 Å². The zero-order chi connectivity index (χ0) is 25.4. The number of fused-ring (bicyclic) bond motifs is 1. The molecule has 1 aliphatic rings. The van der Waals surface area contributed by atoms with Crippen molar-refractivity contribution < 1.29 is 22.8 Å². The fourth-order valence-corrected chi connectivity index (χ4v) is 4.26. The van der Waals surface area contributed by atoms with Crippen LogP contribution in [0.2, 0.25) is 0 Å². The second-order valence-corrected chi connectivity index (χ2v) is 10.1. The van der Waals surface area contributed by atoms with Gasteiger partial charge in [0.1, 0.15) is 11.9 Å². The molecule has 1 fully saturated rings. The van der Waals surface area contributed by atoms with Gasteiger partial charge < -0.3 is 10.2 Å². The molecule has 2 aromatic carbocycles. The van der Waals surface area contributed by atoms with Gasteiger partial charge in [0, 0.05) is 31.3 Å². The molecule has 1 atom stereocenters.